The van der Waals surface area contributed by atoms with Gasteiger partial charge in [0.1, 0.15) is 5.02 Å². The number of piperidine rings is 1. The van der Waals surface area contributed by atoms with E-state index in [4.69, 9.17) is 11.6 Å². The Morgan fingerprint density at radius 3 is 2.96 bits per heavy atom. The van der Waals surface area contributed by atoms with Crippen molar-refractivity contribution in [3.8, 4) is 0 Å². The number of anilines is 4. The summed E-state index contributed by atoms with van der Waals surface area (Å²) < 4.78 is 14.9. The molecular formula is C19H21ClFN5O. The van der Waals surface area contributed by atoms with Crippen molar-refractivity contribution in [2.24, 2.45) is 5.92 Å². The van der Waals surface area contributed by atoms with E-state index >= 15 is 0 Å². The van der Waals surface area contributed by atoms with Gasteiger partial charge in [-0.05, 0) is 30.9 Å². The highest BCUT2D eigenvalue weighted by Crippen LogP contribution is 2.35. The van der Waals surface area contributed by atoms with E-state index in [2.05, 4.69) is 27.1 Å². The van der Waals surface area contributed by atoms with Gasteiger partial charge in [0.15, 0.2) is 11.6 Å². The van der Waals surface area contributed by atoms with Crippen molar-refractivity contribution in [2.75, 3.05) is 35.3 Å². The van der Waals surface area contributed by atoms with Crippen LogP contribution in [0.5, 0.6) is 0 Å². The van der Waals surface area contributed by atoms with Crippen LogP contribution in [0.25, 0.3) is 0 Å². The van der Waals surface area contributed by atoms with Crippen molar-refractivity contribution in [2.45, 2.75) is 26.2 Å². The highest BCUT2D eigenvalue weighted by atomic mass is 35.5. The van der Waals surface area contributed by atoms with E-state index in [0.29, 0.717) is 34.0 Å². The van der Waals surface area contributed by atoms with Gasteiger partial charge in [0, 0.05) is 25.7 Å². The Morgan fingerprint density at radius 2 is 2.19 bits per heavy atom. The van der Waals surface area contributed by atoms with Gasteiger partial charge in [0.05, 0.1) is 24.0 Å². The molecule has 27 heavy (non-hydrogen) atoms. The topological polar surface area (TPSA) is 61.4 Å². The van der Waals surface area contributed by atoms with Crippen LogP contribution in [0.2, 0.25) is 5.02 Å². The van der Waals surface area contributed by atoms with Crippen molar-refractivity contribution >= 4 is 40.6 Å². The average Bonchev–Trinajstić information content (AvgIpc) is 2.94. The summed E-state index contributed by atoms with van der Waals surface area (Å²) in [6, 6.07) is 3.33. The number of fused-ring (bicyclic) bond motifs is 1. The fourth-order valence-electron chi connectivity index (χ4n) is 3.69. The van der Waals surface area contributed by atoms with E-state index in [9.17, 15) is 9.18 Å². The molecule has 1 amide bonds. The molecule has 0 aliphatic carbocycles. The maximum absolute atomic E-state index is 14.9. The summed E-state index contributed by atoms with van der Waals surface area (Å²) in [5.74, 6) is 0.954. The monoisotopic (exact) mass is 389 g/mol. The minimum atomic E-state index is -0.451. The minimum Gasteiger partial charge on any atom is -0.341 e. The van der Waals surface area contributed by atoms with E-state index in [1.807, 2.05) is 0 Å². The van der Waals surface area contributed by atoms with Gasteiger partial charge in [-0.15, -0.1) is 0 Å². The molecule has 2 aliphatic rings. The Balaban J connectivity index is 1.63. The Bertz CT molecular complexity index is 906. The zero-order valence-electron chi connectivity index (χ0n) is 15.3. The predicted octanol–water partition coefficient (Wildman–Crippen LogP) is 3.77. The van der Waals surface area contributed by atoms with E-state index in [1.165, 1.54) is 17.5 Å². The molecular weight excluding hydrogens is 369 g/mol. The van der Waals surface area contributed by atoms with Crippen molar-refractivity contribution in [3.63, 3.8) is 0 Å². The average molecular weight is 390 g/mol. The predicted molar refractivity (Wildman–Crippen MR) is 104 cm³/mol. The number of carbonyl (C=O) groups excluding carboxylic acids is 1. The second-order valence-electron chi connectivity index (χ2n) is 7.24. The number of hydrogen-bond acceptors (Lipinski definition) is 5. The third-order valence-electron chi connectivity index (χ3n) is 5.21. The van der Waals surface area contributed by atoms with E-state index in [-0.39, 0.29) is 18.0 Å². The molecule has 0 saturated carbocycles. The number of benzene rings is 1. The van der Waals surface area contributed by atoms with Crippen LogP contribution >= 0.6 is 11.6 Å². The number of likely N-dealkylation sites (N-methyl/N-ethyl adjacent to an activating group) is 1. The number of nitrogens with one attached hydrogen (secondary N) is 1. The summed E-state index contributed by atoms with van der Waals surface area (Å²) in [5.41, 5.74) is 1.23. The molecule has 1 aromatic carbocycles. The van der Waals surface area contributed by atoms with Gasteiger partial charge in [-0.1, -0.05) is 18.5 Å². The zero-order chi connectivity index (χ0) is 19.1. The first kappa shape index (κ1) is 18.0. The molecule has 1 aromatic heterocycles. The lowest BCUT2D eigenvalue weighted by atomic mass is 10.0. The Morgan fingerprint density at radius 1 is 1.37 bits per heavy atom. The Kier molecular flexibility index (Phi) is 4.63. The van der Waals surface area contributed by atoms with Crippen LogP contribution in [0, 0.1) is 11.7 Å². The Labute approximate surface area is 162 Å². The van der Waals surface area contributed by atoms with E-state index < -0.39 is 5.82 Å². The van der Waals surface area contributed by atoms with Crippen LogP contribution in [-0.2, 0) is 11.2 Å². The molecule has 1 fully saturated rings. The van der Waals surface area contributed by atoms with Gasteiger partial charge in [-0.3, -0.25) is 4.79 Å². The molecule has 4 rings (SSSR count). The number of hydrogen-bond donors (Lipinski definition) is 1. The van der Waals surface area contributed by atoms with Gasteiger partial charge >= 0.3 is 0 Å². The number of rotatable bonds is 3. The first-order chi connectivity index (χ1) is 12.9. The fourth-order valence-corrected chi connectivity index (χ4v) is 3.83. The van der Waals surface area contributed by atoms with Crippen LogP contribution < -0.4 is 15.1 Å². The summed E-state index contributed by atoms with van der Waals surface area (Å²) in [5, 5.41) is 3.29. The maximum Gasteiger partial charge on any atom is 0.231 e. The lowest BCUT2D eigenvalue weighted by molar-refractivity contribution is -0.117. The van der Waals surface area contributed by atoms with Crippen molar-refractivity contribution in [1.82, 2.24) is 9.97 Å². The van der Waals surface area contributed by atoms with Gasteiger partial charge in [-0.2, -0.15) is 4.98 Å². The number of aromatic nitrogens is 2. The maximum atomic E-state index is 14.9. The smallest absolute Gasteiger partial charge is 0.231 e. The van der Waals surface area contributed by atoms with Crippen LogP contribution in [-0.4, -0.2) is 36.0 Å². The number of amides is 1. The second kappa shape index (κ2) is 6.96. The first-order valence-corrected chi connectivity index (χ1v) is 9.44. The van der Waals surface area contributed by atoms with E-state index in [1.54, 1.807) is 19.2 Å². The highest BCUT2D eigenvalue weighted by molar-refractivity contribution is 6.32. The molecule has 2 aliphatic heterocycles. The van der Waals surface area contributed by atoms with Crippen LogP contribution in [0.3, 0.4) is 0 Å². The molecule has 1 N–H and O–H groups in total. The molecule has 2 aromatic rings. The number of carbonyl (C=O) groups is 1. The number of nitrogens with zero attached hydrogens (tertiary/aromatic N) is 4. The largest absolute Gasteiger partial charge is 0.341 e. The van der Waals surface area contributed by atoms with Crippen molar-refractivity contribution < 1.29 is 9.18 Å². The van der Waals surface area contributed by atoms with Crippen LogP contribution in [0.15, 0.2) is 18.3 Å². The van der Waals surface area contributed by atoms with Crippen LogP contribution in [0.1, 0.15) is 25.3 Å². The lowest BCUT2D eigenvalue weighted by Crippen LogP contribution is -2.35. The quantitative estimate of drug-likeness (QED) is 0.865. The summed E-state index contributed by atoms with van der Waals surface area (Å²) in [6.07, 6.45) is 3.88. The molecule has 0 radical (unpaired) electrons. The molecule has 0 spiro atoms. The third kappa shape index (κ3) is 3.32. The lowest BCUT2D eigenvalue weighted by Gasteiger charge is -2.31. The van der Waals surface area contributed by atoms with Gasteiger partial charge in [0.2, 0.25) is 11.9 Å². The molecule has 1 atom stereocenters. The molecule has 3 heterocycles. The van der Waals surface area contributed by atoms with Crippen molar-refractivity contribution in [1.29, 1.82) is 0 Å². The SMILES string of the molecule is CC1CCCN(c2ncc(Cl)c(Nc3ccc4c(c3F)CC(=O)N4C)n2)C1. The normalized spacial score (nSPS) is 19.4. The van der Waals surface area contributed by atoms with E-state index in [0.717, 1.165) is 19.5 Å². The molecule has 8 heteroatoms. The number of halogens is 2. The molecule has 0 bridgehead atoms. The van der Waals surface area contributed by atoms with Gasteiger partial charge in [-0.25, -0.2) is 9.37 Å². The first-order valence-electron chi connectivity index (χ1n) is 9.06. The fraction of sp³-hybridized carbons (Fsp3) is 0.421. The Hall–Kier alpha value is -2.41. The highest BCUT2D eigenvalue weighted by Gasteiger charge is 2.28. The molecule has 1 saturated heterocycles. The third-order valence-corrected chi connectivity index (χ3v) is 5.48. The summed E-state index contributed by atoms with van der Waals surface area (Å²) in [6.45, 7) is 4.00. The molecule has 6 nitrogen and oxygen atoms in total. The second-order valence-corrected chi connectivity index (χ2v) is 7.65. The minimum absolute atomic E-state index is 0.0572. The summed E-state index contributed by atoms with van der Waals surface area (Å²) in [7, 11) is 1.65. The zero-order valence-corrected chi connectivity index (χ0v) is 16.1. The summed E-state index contributed by atoms with van der Waals surface area (Å²) in [4.78, 5) is 24.3. The van der Waals surface area contributed by atoms with Gasteiger partial charge in [0.25, 0.3) is 0 Å². The van der Waals surface area contributed by atoms with Gasteiger partial charge < -0.3 is 15.1 Å². The standard InChI is InChI=1S/C19H21ClFN5O/c1-11-4-3-7-26(10-11)19-22-9-13(20)18(24-19)23-14-5-6-15-12(17(14)21)8-16(27)25(15)2/h5-6,9,11H,3-4,7-8,10H2,1-2H3,(H,22,23,24). The summed E-state index contributed by atoms with van der Waals surface area (Å²) >= 11 is 6.24. The van der Waals surface area contributed by atoms with Crippen LogP contribution in [0.4, 0.5) is 27.5 Å². The molecule has 1 unspecified atom stereocenters. The van der Waals surface area contributed by atoms with Crippen molar-refractivity contribution in [3.05, 3.63) is 34.7 Å². The molecule has 142 valence electrons.